The van der Waals surface area contributed by atoms with E-state index in [1.807, 2.05) is 0 Å². The monoisotopic (exact) mass is 225 g/mol. The van der Waals surface area contributed by atoms with Crippen LogP contribution in [0.3, 0.4) is 0 Å². The summed E-state index contributed by atoms with van der Waals surface area (Å²) in [5.74, 6) is 5.21. The van der Waals surface area contributed by atoms with E-state index in [4.69, 9.17) is 0 Å². The highest BCUT2D eigenvalue weighted by Crippen LogP contribution is 2.25. The molecule has 0 aromatic rings. The molecular weight excluding hydrogens is 210 g/mol. The van der Waals surface area contributed by atoms with Crippen LogP contribution in [0, 0.1) is 11.8 Å². The standard InChI is InChI=1S/C11H15NO4/c1-4-5-8-6-7-9(10(13)15-2)12(8)11(14)16-3/h8-9H,6-7H2,1-3H3/t8-,9-/m0/s1. The number of hydrogen-bond acceptors (Lipinski definition) is 4. The lowest BCUT2D eigenvalue weighted by Gasteiger charge is -2.24. The van der Waals surface area contributed by atoms with Crippen LogP contribution in [-0.4, -0.2) is 43.3 Å². The van der Waals surface area contributed by atoms with Gasteiger partial charge in [-0.2, -0.15) is 0 Å². The highest BCUT2D eigenvalue weighted by atomic mass is 16.5. The number of rotatable bonds is 1. The SMILES string of the molecule is CC#C[C@H]1CC[C@@H](C(=O)OC)N1C(=O)OC. The fourth-order valence-corrected chi connectivity index (χ4v) is 1.85. The molecule has 0 saturated carbocycles. The zero-order valence-corrected chi connectivity index (χ0v) is 9.65. The van der Waals surface area contributed by atoms with Gasteiger partial charge in [0.15, 0.2) is 0 Å². The average molecular weight is 225 g/mol. The smallest absolute Gasteiger partial charge is 0.411 e. The lowest BCUT2D eigenvalue weighted by molar-refractivity contribution is -0.145. The van der Waals surface area contributed by atoms with Crippen molar-refractivity contribution in [3.63, 3.8) is 0 Å². The van der Waals surface area contributed by atoms with E-state index >= 15 is 0 Å². The van der Waals surface area contributed by atoms with Gasteiger partial charge >= 0.3 is 12.1 Å². The number of ether oxygens (including phenoxy) is 2. The van der Waals surface area contributed by atoms with Crippen molar-refractivity contribution in [3.8, 4) is 11.8 Å². The molecule has 1 heterocycles. The summed E-state index contributed by atoms with van der Waals surface area (Å²) in [5.41, 5.74) is 0. The molecule has 0 unspecified atom stereocenters. The van der Waals surface area contributed by atoms with Gasteiger partial charge in [0.2, 0.25) is 0 Å². The zero-order valence-electron chi connectivity index (χ0n) is 9.65. The summed E-state index contributed by atoms with van der Waals surface area (Å²) in [6.45, 7) is 1.70. The van der Waals surface area contributed by atoms with Crippen LogP contribution in [0.2, 0.25) is 0 Å². The molecule has 0 N–H and O–H groups in total. The van der Waals surface area contributed by atoms with E-state index in [2.05, 4.69) is 21.3 Å². The number of amides is 1. The second-order valence-corrected chi connectivity index (χ2v) is 3.40. The normalized spacial score (nSPS) is 23.3. The third-order valence-electron chi connectivity index (χ3n) is 2.55. The Morgan fingerprint density at radius 2 is 1.94 bits per heavy atom. The van der Waals surface area contributed by atoms with E-state index in [0.29, 0.717) is 12.8 Å². The minimum Gasteiger partial charge on any atom is -0.467 e. The van der Waals surface area contributed by atoms with Crippen molar-refractivity contribution >= 4 is 12.1 Å². The topological polar surface area (TPSA) is 55.8 Å². The van der Waals surface area contributed by atoms with E-state index in [1.54, 1.807) is 6.92 Å². The molecule has 0 spiro atoms. The zero-order chi connectivity index (χ0) is 12.1. The number of esters is 1. The van der Waals surface area contributed by atoms with Gasteiger partial charge in [-0.25, -0.2) is 9.59 Å². The quantitative estimate of drug-likeness (QED) is 0.489. The Balaban J connectivity index is 2.90. The van der Waals surface area contributed by atoms with Gasteiger partial charge in [0.1, 0.15) is 6.04 Å². The van der Waals surface area contributed by atoms with Gasteiger partial charge < -0.3 is 9.47 Å². The molecule has 0 aliphatic carbocycles. The lowest BCUT2D eigenvalue weighted by Crippen LogP contribution is -2.44. The van der Waals surface area contributed by atoms with Crippen molar-refractivity contribution in [2.75, 3.05) is 14.2 Å². The molecule has 1 amide bonds. The minimum atomic E-state index is -0.580. The van der Waals surface area contributed by atoms with E-state index in [9.17, 15) is 9.59 Å². The molecule has 5 heteroatoms. The fraction of sp³-hybridized carbons (Fsp3) is 0.636. The van der Waals surface area contributed by atoms with Crippen LogP contribution in [0.25, 0.3) is 0 Å². The van der Waals surface area contributed by atoms with E-state index in [0.717, 1.165) is 0 Å². The van der Waals surface area contributed by atoms with Gasteiger partial charge in [0, 0.05) is 0 Å². The third kappa shape index (κ3) is 2.27. The lowest BCUT2D eigenvalue weighted by atomic mass is 10.2. The Bertz CT molecular complexity index is 342. The largest absolute Gasteiger partial charge is 0.467 e. The first-order chi connectivity index (χ1) is 7.65. The van der Waals surface area contributed by atoms with Crippen molar-refractivity contribution in [2.45, 2.75) is 31.8 Å². The molecule has 16 heavy (non-hydrogen) atoms. The predicted molar refractivity (Wildman–Crippen MR) is 56.5 cm³/mol. The molecule has 0 aromatic heterocycles. The molecule has 1 aliphatic heterocycles. The predicted octanol–water partition coefficient (Wildman–Crippen LogP) is 0.782. The first-order valence-corrected chi connectivity index (χ1v) is 5.02. The first kappa shape index (κ1) is 12.4. The van der Waals surface area contributed by atoms with E-state index < -0.39 is 18.1 Å². The summed E-state index contributed by atoms with van der Waals surface area (Å²) in [6.07, 6.45) is 0.678. The summed E-state index contributed by atoms with van der Waals surface area (Å²) in [5, 5.41) is 0. The van der Waals surface area contributed by atoms with Gasteiger partial charge in [-0.1, -0.05) is 5.92 Å². The Hall–Kier alpha value is -1.70. The number of nitrogens with zero attached hydrogens (tertiary/aromatic N) is 1. The number of carbonyl (C=O) groups is 2. The maximum absolute atomic E-state index is 11.6. The fourth-order valence-electron chi connectivity index (χ4n) is 1.85. The van der Waals surface area contributed by atoms with Crippen molar-refractivity contribution < 1.29 is 19.1 Å². The molecule has 0 aromatic carbocycles. The number of methoxy groups -OCH3 is 2. The van der Waals surface area contributed by atoms with E-state index in [-0.39, 0.29) is 6.04 Å². The van der Waals surface area contributed by atoms with Gasteiger partial charge in [-0.3, -0.25) is 4.90 Å². The van der Waals surface area contributed by atoms with Crippen LogP contribution in [0.5, 0.6) is 0 Å². The minimum absolute atomic E-state index is 0.262. The van der Waals surface area contributed by atoms with Crippen molar-refractivity contribution in [1.82, 2.24) is 4.90 Å². The molecule has 1 rings (SSSR count). The maximum atomic E-state index is 11.6. The summed E-state index contributed by atoms with van der Waals surface area (Å²) in [7, 11) is 2.59. The second-order valence-electron chi connectivity index (χ2n) is 3.40. The summed E-state index contributed by atoms with van der Waals surface area (Å²) in [6, 6.07) is -0.843. The van der Waals surface area contributed by atoms with Crippen LogP contribution < -0.4 is 0 Å². The van der Waals surface area contributed by atoms with Crippen molar-refractivity contribution in [3.05, 3.63) is 0 Å². The van der Waals surface area contributed by atoms with Crippen LogP contribution >= 0.6 is 0 Å². The molecule has 0 radical (unpaired) electrons. The highest BCUT2D eigenvalue weighted by Gasteiger charge is 2.41. The highest BCUT2D eigenvalue weighted by molar-refractivity contribution is 5.82. The molecular formula is C11H15NO4. The van der Waals surface area contributed by atoms with E-state index in [1.165, 1.54) is 19.1 Å². The molecule has 2 atom stereocenters. The van der Waals surface area contributed by atoms with Crippen molar-refractivity contribution in [1.29, 1.82) is 0 Å². The van der Waals surface area contributed by atoms with Gasteiger partial charge in [0.25, 0.3) is 0 Å². The molecule has 88 valence electrons. The molecule has 5 nitrogen and oxygen atoms in total. The summed E-state index contributed by atoms with van der Waals surface area (Å²) >= 11 is 0. The Morgan fingerprint density at radius 3 is 2.44 bits per heavy atom. The molecule has 0 bridgehead atoms. The average Bonchev–Trinajstić information content (AvgIpc) is 2.71. The van der Waals surface area contributed by atoms with Crippen LogP contribution in [0.1, 0.15) is 19.8 Å². The Morgan fingerprint density at radius 1 is 1.25 bits per heavy atom. The second kappa shape index (κ2) is 5.40. The van der Waals surface area contributed by atoms with Crippen LogP contribution in [0.4, 0.5) is 4.79 Å². The van der Waals surface area contributed by atoms with Crippen LogP contribution in [-0.2, 0) is 14.3 Å². The van der Waals surface area contributed by atoms with Crippen LogP contribution in [0.15, 0.2) is 0 Å². The molecule has 1 aliphatic rings. The Kier molecular flexibility index (Phi) is 4.18. The number of carbonyl (C=O) groups excluding carboxylic acids is 2. The summed E-state index contributed by atoms with van der Waals surface area (Å²) < 4.78 is 9.30. The molecule has 1 saturated heterocycles. The van der Waals surface area contributed by atoms with Gasteiger partial charge in [-0.05, 0) is 19.8 Å². The third-order valence-corrected chi connectivity index (χ3v) is 2.55. The van der Waals surface area contributed by atoms with Gasteiger partial charge in [0.05, 0.1) is 20.3 Å². The maximum Gasteiger partial charge on any atom is 0.411 e. The van der Waals surface area contributed by atoms with Crippen molar-refractivity contribution in [2.24, 2.45) is 0 Å². The Labute approximate surface area is 94.7 Å². The van der Waals surface area contributed by atoms with Gasteiger partial charge in [-0.15, -0.1) is 5.92 Å². The first-order valence-electron chi connectivity index (χ1n) is 5.02. The number of likely N-dealkylation sites (tertiary alicyclic amines) is 1. The molecule has 1 fully saturated rings. The summed E-state index contributed by atoms with van der Waals surface area (Å²) in [4.78, 5) is 24.4. The number of hydrogen-bond donors (Lipinski definition) is 0.